The largest absolute Gasteiger partial charge is 0.492 e. The quantitative estimate of drug-likeness (QED) is 0.419. The maximum atomic E-state index is 13.7. The maximum absolute atomic E-state index is 13.7. The number of amides is 3. The monoisotopic (exact) mass is 596 g/mol. The van der Waals surface area contributed by atoms with E-state index < -0.39 is 6.04 Å². The fourth-order valence-electron chi connectivity index (χ4n) is 5.35. The molecule has 1 N–H and O–H groups in total. The number of para-hydroxylation sites is 4. The molecule has 3 aromatic rings. The zero-order valence-electron chi connectivity index (χ0n) is 23.8. The zero-order chi connectivity index (χ0) is 29.8. The number of carbonyl (C=O) groups excluding carboxylic acids is 3. The number of anilines is 2. The highest BCUT2D eigenvalue weighted by molar-refractivity contribution is 8.14. The average Bonchev–Trinajstić information content (AvgIpc) is 3.37. The minimum absolute atomic E-state index is 0.0149. The maximum Gasteiger partial charge on any atom is 0.259 e. The number of amidine groups is 2. The smallest absolute Gasteiger partial charge is 0.259 e. The molecule has 10 nitrogen and oxygen atoms in total. The number of fused-ring (bicyclic) bond motifs is 3. The van der Waals surface area contributed by atoms with Crippen LogP contribution in [-0.2, 0) is 14.4 Å². The molecule has 0 saturated carbocycles. The van der Waals surface area contributed by atoms with E-state index in [9.17, 15) is 14.4 Å². The molecular weight excluding hydrogens is 564 g/mol. The molecule has 3 aliphatic heterocycles. The van der Waals surface area contributed by atoms with E-state index in [0.29, 0.717) is 47.8 Å². The molecule has 1 atom stereocenters. The lowest BCUT2D eigenvalue weighted by Crippen LogP contribution is -2.49. The Morgan fingerprint density at radius 3 is 2.47 bits per heavy atom. The van der Waals surface area contributed by atoms with Gasteiger partial charge in [-0.2, -0.15) is 0 Å². The SMILES string of the molecule is CCOc1ccccc1NC(=O)CSC1=Nc2ccccc2C2=N[C@@H](CC(=O)N3CCN(c4ccccc4)CC3)C(=O)N12. The molecule has 0 radical (unpaired) electrons. The van der Waals surface area contributed by atoms with Crippen LogP contribution in [0.2, 0.25) is 0 Å². The van der Waals surface area contributed by atoms with Crippen LogP contribution in [0.4, 0.5) is 17.1 Å². The van der Waals surface area contributed by atoms with Crippen molar-refractivity contribution in [3.8, 4) is 5.75 Å². The van der Waals surface area contributed by atoms with Gasteiger partial charge >= 0.3 is 0 Å². The molecule has 3 aromatic carbocycles. The van der Waals surface area contributed by atoms with Crippen molar-refractivity contribution in [2.24, 2.45) is 9.98 Å². The minimum atomic E-state index is -0.849. The van der Waals surface area contributed by atoms with Crippen LogP contribution in [0.3, 0.4) is 0 Å². The fourth-order valence-corrected chi connectivity index (χ4v) is 6.15. The number of aliphatic imine (C=N–C) groups is 2. The second-order valence-electron chi connectivity index (χ2n) is 10.2. The molecule has 1 fully saturated rings. The summed E-state index contributed by atoms with van der Waals surface area (Å²) in [5.74, 6) is 0.409. The first-order chi connectivity index (χ1) is 21.0. The van der Waals surface area contributed by atoms with Crippen LogP contribution in [0, 0.1) is 0 Å². The van der Waals surface area contributed by atoms with Gasteiger partial charge in [-0.15, -0.1) is 0 Å². The van der Waals surface area contributed by atoms with Gasteiger partial charge in [0, 0.05) is 37.4 Å². The van der Waals surface area contributed by atoms with E-state index in [0.717, 1.165) is 36.1 Å². The minimum Gasteiger partial charge on any atom is -0.492 e. The van der Waals surface area contributed by atoms with Gasteiger partial charge in [0.15, 0.2) is 5.17 Å². The summed E-state index contributed by atoms with van der Waals surface area (Å²) in [5.41, 5.74) is 3.10. The first kappa shape index (κ1) is 28.5. The summed E-state index contributed by atoms with van der Waals surface area (Å²) >= 11 is 1.16. The summed E-state index contributed by atoms with van der Waals surface area (Å²) in [7, 11) is 0. The summed E-state index contributed by atoms with van der Waals surface area (Å²) in [6.07, 6.45) is -0.0149. The molecule has 1 saturated heterocycles. The lowest BCUT2D eigenvalue weighted by Gasteiger charge is -2.36. The summed E-state index contributed by atoms with van der Waals surface area (Å²) < 4.78 is 5.61. The summed E-state index contributed by atoms with van der Waals surface area (Å²) in [6.45, 7) is 4.99. The van der Waals surface area contributed by atoms with E-state index in [1.807, 2.05) is 66.4 Å². The molecule has 43 heavy (non-hydrogen) atoms. The van der Waals surface area contributed by atoms with Crippen molar-refractivity contribution in [2.75, 3.05) is 48.8 Å². The molecule has 0 bridgehead atoms. The second kappa shape index (κ2) is 12.7. The molecule has 0 aromatic heterocycles. The third-order valence-electron chi connectivity index (χ3n) is 7.46. The lowest BCUT2D eigenvalue weighted by molar-refractivity contribution is -0.135. The molecule has 6 rings (SSSR count). The molecule has 0 spiro atoms. The molecule has 0 aliphatic carbocycles. The van der Waals surface area contributed by atoms with E-state index >= 15 is 0 Å². The Bertz CT molecular complexity index is 1590. The van der Waals surface area contributed by atoms with Crippen LogP contribution in [0.25, 0.3) is 0 Å². The summed E-state index contributed by atoms with van der Waals surface area (Å²) in [6, 6.07) is 24.0. The van der Waals surface area contributed by atoms with Gasteiger partial charge in [-0.05, 0) is 43.3 Å². The number of piperazine rings is 1. The van der Waals surface area contributed by atoms with Crippen molar-refractivity contribution in [3.63, 3.8) is 0 Å². The predicted octanol–water partition coefficient (Wildman–Crippen LogP) is 4.15. The number of rotatable bonds is 8. The van der Waals surface area contributed by atoms with E-state index in [4.69, 9.17) is 14.7 Å². The predicted molar refractivity (Wildman–Crippen MR) is 169 cm³/mol. The third kappa shape index (κ3) is 6.12. The van der Waals surface area contributed by atoms with Gasteiger partial charge in [0.2, 0.25) is 11.8 Å². The van der Waals surface area contributed by atoms with Crippen molar-refractivity contribution in [1.29, 1.82) is 0 Å². The first-order valence-electron chi connectivity index (χ1n) is 14.3. The Kier molecular flexibility index (Phi) is 8.41. The highest BCUT2D eigenvalue weighted by Crippen LogP contribution is 2.34. The van der Waals surface area contributed by atoms with Crippen LogP contribution >= 0.6 is 11.8 Å². The molecule has 11 heteroatoms. The second-order valence-corrected chi connectivity index (χ2v) is 11.2. The number of hydrogen-bond acceptors (Lipinski definition) is 8. The molecule has 3 aliphatic rings. The Hall–Kier alpha value is -4.64. The zero-order valence-corrected chi connectivity index (χ0v) is 24.6. The van der Waals surface area contributed by atoms with Gasteiger partial charge in [-0.1, -0.05) is 54.2 Å². The number of thioether (sulfide) groups is 1. The van der Waals surface area contributed by atoms with Crippen LogP contribution in [0.5, 0.6) is 5.75 Å². The number of nitrogens with zero attached hydrogens (tertiary/aromatic N) is 5. The van der Waals surface area contributed by atoms with Crippen molar-refractivity contribution >= 4 is 57.5 Å². The Morgan fingerprint density at radius 2 is 1.67 bits per heavy atom. The van der Waals surface area contributed by atoms with E-state index in [-0.39, 0.29) is 29.9 Å². The number of hydrogen-bond donors (Lipinski definition) is 1. The van der Waals surface area contributed by atoms with E-state index in [1.54, 1.807) is 12.1 Å². The Labute approximate surface area is 254 Å². The standard InChI is InChI=1S/C32H32N6O4S/c1-2-42-27-15-9-8-14-25(27)33-28(39)21-43-32-35-24-13-7-6-12-23(24)30-34-26(31(41)38(30)32)20-29(40)37-18-16-36(17-19-37)22-10-4-3-5-11-22/h3-15,26H,2,16-21H2,1H3,(H,33,39)/t26-/m0/s1. The van der Waals surface area contributed by atoms with E-state index in [1.165, 1.54) is 4.90 Å². The van der Waals surface area contributed by atoms with Gasteiger partial charge in [-0.3, -0.25) is 19.4 Å². The Morgan fingerprint density at radius 1 is 0.953 bits per heavy atom. The Balaban J connectivity index is 1.12. The molecule has 3 heterocycles. The highest BCUT2D eigenvalue weighted by Gasteiger charge is 2.42. The van der Waals surface area contributed by atoms with Gasteiger partial charge in [0.25, 0.3) is 5.91 Å². The van der Waals surface area contributed by atoms with Gasteiger partial charge in [0.05, 0.1) is 30.2 Å². The topological polar surface area (TPSA) is 107 Å². The number of carbonyl (C=O) groups is 3. The van der Waals surface area contributed by atoms with Crippen LogP contribution in [0.15, 0.2) is 88.8 Å². The molecular formula is C32H32N6O4S. The van der Waals surface area contributed by atoms with Gasteiger partial charge in [0.1, 0.15) is 17.6 Å². The van der Waals surface area contributed by atoms with Crippen molar-refractivity contribution in [3.05, 3.63) is 84.4 Å². The van der Waals surface area contributed by atoms with Crippen molar-refractivity contribution < 1.29 is 19.1 Å². The highest BCUT2D eigenvalue weighted by atomic mass is 32.2. The fraction of sp³-hybridized carbons (Fsp3) is 0.281. The van der Waals surface area contributed by atoms with Crippen LogP contribution in [0.1, 0.15) is 18.9 Å². The summed E-state index contributed by atoms with van der Waals surface area (Å²) in [5, 5.41) is 3.25. The molecule has 220 valence electrons. The summed E-state index contributed by atoms with van der Waals surface area (Å²) in [4.78, 5) is 54.9. The average molecular weight is 597 g/mol. The van der Waals surface area contributed by atoms with Gasteiger partial charge < -0.3 is 19.9 Å². The third-order valence-corrected chi connectivity index (χ3v) is 8.40. The molecule has 3 amide bonds. The van der Waals surface area contributed by atoms with Crippen LogP contribution in [-0.4, -0.2) is 83.1 Å². The van der Waals surface area contributed by atoms with Crippen molar-refractivity contribution in [2.45, 2.75) is 19.4 Å². The van der Waals surface area contributed by atoms with Crippen LogP contribution < -0.4 is 15.0 Å². The number of nitrogens with one attached hydrogen (secondary N) is 1. The van der Waals surface area contributed by atoms with E-state index in [2.05, 4.69) is 22.3 Å². The lowest BCUT2D eigenvalue weighted by atomic mass is 10.1. The van der Waals surface area contributed by atoms with Crippen molar-refractivity contribution in [1.82, 2.24) is 9.80 Å². The first-order valence-corrected chi connectivity index (χ1v) is 15.3. The normalized spacial score (nSPS) is 17.6. The number of ether oxygens (including phenoxy) is 1. The number of benzene rings is 3. The van der Waals surface area contributed by atoms with Gasteiger partial charge in [-0.25, -0.2) is 9.89 Å². The molecule has 0 unspecified atom stereocenters.